The van der Waals surface area contributed by atoms with Gasteiger partial charge in [-0.3, -0.25) is 19.4 Å². The van der Waals surface area contributed by atoms with E-state index < -0.39 is 0 Å². The van der Waals surface area contributed by atoms with Crippen LogP contribution in [0.15, 0.2) is 29.8 Å². The Bertz CT molecular complexity index is 865. The van der Waals surface area contributed by atoms with Gasteiger partial charge in [-0.2, -0.15) is 0 Å². The van der Waals surface area contributed by atoms with Crippen molar-refractivity contribution in [1.82, 2.24) is 20.2 Å². The molecule has 2 aliphatic rings. The molecule has 1 N–H and O–H groups in total. The lowest BCUT2D eigenvalue weighted by atomic mass is 10.2. The highest BCUT2D eigenvalue weighted by molar-refractivity contribution is 7.14. The van der Waals surface area contributed by atoms with Crippen LogP contribution in [0.5, 0.6) is 0 Å². The van der Waals surface area contributed by atoms with E-state index in [0.717, 1.165) is 57.2 Å². The van der Waals surface area contributed by atoms with Crippen LogP contribution in [0.2, 0.25) is 0 Å². The average molecular weight is 429 g/mol. The SMILES string of the molecule is CC(CN1CCN(c2ccccn2)CC1)NC(=O)Cc1csc(N2CCCC2=O)n1. The lowest BCUT2D eigenvalue weighted by Crippen LogP contribution is -2.51. The van der Waals surface area contributed by atoms with E-state index in [1.807, 2.05) is 36.7 Å². The Morgan fingerprint density at radius 3 is 2.77 bits per heavy atom. The first-order valence-electron chi connectivity index (χ1n) is 10.5. The van der Waals surface area contributed by atoms with Crippen molar-refractivity contribution in [1.29, 1.82) is 0 Å². The molecule has 160 valence electrons. The second-order valence-electron chi connectivity index (χ2n) is 7.89. The summed E-state index contributed by atoms with van der Waals surface area (Å²) in [5.41, 5.74) is 0.725. The highest BCUT2D eigenvalue weighted by Crippen LogP contribution is 2.25. The lowest BCUT2D eigenvalue weighted by Gasteiger charge is -2.36. The van der Waals surface area contributed by atoms with Gasteiger partial charge in [0.1, 0.15) is 5.82 Å². The monoisotopic (exact) mass is 428 g/mol. The number of carbonyl (C=O) groups excluding carboxylic acids is 2. The molecule has 4 heterocycles. The molecule has 2 amide bonds. The maximum atomic E-state index is 12.4. The predicted molar refractivity (Wildman–Crippen MR) is 118 cm³/mol. The van der Waals surface area contributed by atoms with Crippen molar-refractivity contribution < 1.29 is 9.59 Å². The summed E-state index contributed by atoms with van der Waals surface area (Å²) in [5, 5.41) is 5.67. The maximum Gasteiger partial charge on any atom is 0.228 e. The summed E-state index contributed by atoms with van der Waals surface area (Å²) in [6.07, 6.45) is 3.54. The van der Waals surface area contributed by atoms with Gasteiger partial charge in [0.15, 0.2) is 5.13 Å². The van der Waals surface area contributed by atoms with E-state index in [2.05, 4.69) is 25.1 Å². The summed E-state index contributed by atoms with van der Waals surface area (Å²) in [6.45, 7) is 7.38. The number of anilines is 2. The zero-order valence-corrected chi connectivity index (χ0v) is 18.1. The van der Waals surface area contributed by atoms with Crippen LogP contribution in [0.25, 0.3) is 0 Å². The van der Waals surface area contributed by atoms with Crippen molar-refractivity contribution in [2.45, 2.75) is 32.2 Å². The first kappa shape index (κ1) is 20.7. The number of aromatic nitrogens is 2. The second-order valence-corrected chi connectivity index (χ2v) is 8.73. The molecular formula is C21H28N6O2S. The zero-order valence-electron chi connectivity index (χ0n) is 17.3. The van der Waals surface area contributed by atoms with Crippen LogP contribution in [0.3, 0.4) is 0 Å². The molecule has 0 saturated carbocycles. The summed E-state index contributed by atoms with van der Waals surface area (Å²) in [6, 6.07) is 6.06. The second kappa shape index (κ2) is 9.53. The van der Waals surface area contributed by atoms with Gasteiger partial charge in [-0.1, -0.05) is 6.07 Å². The van der Waals surface area contributed by atoms with Gasteiger partial charge in [0.25, 0.3) is 0 Å². The van der Waals surface area contributed by atoms with Crippen LogP contribution in [0.1, 0.15) is 25.5 Å². The van der Waals surface area contributed by atoms with Crippen LogP contribution in [0.4, 0.5) is 10.9 Å². The standard InChI is InChI=1S/C21H28N6O2S/c1-16(14-25-9-11-26(12-10-25)18-5-2-3-7-22-18)23-19(28)13-17-15-30-21(24-17)27-8-4-6-20(27)29/h2-3,5,7,15-16H,4,6,8-14H2,1H3,(H,23,28). The third kappa shape index (κ3) is 5.14. The van der Waals surface area contributed by atoms with E-state index in [4.69, 9.17) is 0 Å². The normalized spacial score (nSPS) is 18.6. The third-order valence-electron chi connectivity index (χ3n) is 5.47. The Hall–Kier alpha value is -2.52. The number of hydrogen-bond acceptors (Lipinski definition) is 7. The van der Waals surface area contributed by atoms with Gasteiger partial charge >= 0.3 is 0 Å². The van der Waals surface area contributed by atoms with Gasteiger partial charge in [-0.15, -0.1) is 11.3 Å². The Morgan fingerprint density at radius 2 is 2.07 bits per heavy atom. The number of thiazole rings is 1. The molecule has 0 radical (unpaired) electrons. The smallest absolute Gasteiger partial charge is 0.228 e. The topological polar surface area (TPSA) is 81.7 Å². The number of hydrogen-bond donors (Lipinski definition) is 1. The Balaban J connectivity index is 1.20. The van der Waals surface area contributed by atoms with Crippen molar-refractivity contribution in [3.63, 3.8) is 0 Å². The summed E-state index contributed by atoms with van der Waals surface area (Å²) in [4.78, 5) is 39.6. The molecule has 2 saturated heterocycles. The molecule has 4 rings (SSSR count). The van der Waals surface area contributed by atoms with Crippen LogP contribution in [0, 0.1) is 0 Å². The van der Waals surface area contributed by atoms with E-state index in [9.17, 15) is 9.59 Å². The van der Waals surface area contributed by atoms with Gasteiger partial charge in [0.05, 0.1) is 12.1 Å². The molecule has 9 heteroatoms. The zero-order chi connectivity index (χ0) is 20.9. The summed E-state index contributed by atoms with van der Waals surface area (Å²) < 4.78 is 0. The molecule has 2 aromatic heterocycles. The fraction of sp³-hybridized carbons (Fsp3) is 0.524. The molecule has 0 spiro atoms. The summed E-state index contributed by atoms with van der Waals surface area (Å²) in [5.74, 6) is 1.12. The Labute approximate surface area is 180 Å². The largest absolute Gasteiger partial charge is 0.354 e. The number of rotatable bonds is 7. The highest BCUT2D eigenvalue weighted by Gasteiger charge is 2.25. The molecule has 2 aliphatic heterocycles. The van der Waals surface area contributed by atoms with Crippen LogP contribution >= 0.6 is 11.3 Å². The van der Waals surface area contributed by atoms with E-state index in [1.165, 1.54) is 11.3 Å². The minimum atomic E-state index is -0.0285. The first-order chi connectivity index (χ1) is 14.6. The van der Waals surface area contributed by atoms with Gasteiger partial charge < -0.3 is 10.2 Å². The molecule has 2 aromatic rings. The van der Waals surface area contributed by atoms with Crippen molar-refractivity contribution >= 4 is 34.1 Å². The number of pyridine rings is 1. The molecule has 1 unspecified atom stereocenters. The van der Waals surface area contributed by atoms with Crippen LogP contribution in [-0.4, -0.2) is 72.0 Å². The minimum Gasteiger partial charge on any atom is -0.354 e. The minimum absolute atomic E-state index is 0.0285. The van der Waals surface area contributed by atoms with E-state index >= 15 is 0 Å². The van der Waals surface area contributed by atoms with Gasteiger partial charge in [-0.05, 0) is 25.5 Å². The molecule has 2 fully saturated rings. The molecule has 0 aromatic carbocycles. The predicted octanol–water partition coefficient (Wildman–Crippen LogP) is 1.53. The van der Waals surface area contributed by atoms with E-state index in [0.29, 0.717) is 11.6 Å². The van der Waals surface area contributed by atoms with E-state index in [1.54, 1.807) is 4.90 Å². The lowest BCUT2D eigenvalue weighted by molar-refractivity contribution is -0.121. The summed E-state index contributed by atoms with van der Waals surface area (Å²) in [7, 11) is 0. The van der Waals surface area contributed by atoms with Gasteiger partial charge in [-0.25, -0.2) is 9.97 Å². The van der Waals surface area contributed by atoms with Gasteiger partial charge in [0, 0.05) is 63.3 Å². The number of amides is 2. The van der Waals surface area contributed by atoms with Crippen molar-refractivity contribution in [2.75, 3.05) is 49.1 Å². The molecular weight excluding hydrogens is 400 g/mol. The average Bonchev–Trinajstić information content (AvgIpc) is 3.37. The first-order valence-corrected chi connectivity index (χ1v) is 11.4. The van der Waals surface area contributed by atoms with Crippen LogP contribution < -0.4 is 15.1 Å². The maximum absolute atomic E-state index is 12.4. The number of nitrogens with one attached hydrogen (secondary N) is 1. The van der Waals surface area contributed by atoms with Crippen molar-refractivity contribution in [3.8, 4) is 0 Å². The van der Waals surface area contributed by atoms with Crippen molar-refractivity contribution in [3.05, 3.63) is 35.5 Å². The van der Waals surface area contributed by atoms with Gasteiger partial charge in [0.2, 0.25) is 11.8 Å². The Morgan fingerprint density at radius 1 is 1.23 bits per heavy atom. The van der Waals surface area contributed by atoms with E-state index in [-0.39, 0.29) is 24.3 Å². The molecule has 30 heavy (non-hydrogen) atoms. The quantitative estimate of drug-likeness (QED) is 0.720. The fourth-order valence-electron chi connectivity index (χ4n) is 3.98. The number of carbonyl (C=O) groups is 2. The van der Waals surface area contributed by atoms with Crippen molar-refractivity contribution in [2.24, 2.45) is 0 Å². The number of piperazine rings is 1. The Kier molecular flexibility index (Phi) is 6.59. The number of nitrogens with zero attached hydrogens (tertiary/aromatic N) is 5. The molecule has 1 atom stereocenters. The van der Waals surface area contributed by atoms with Crippen LogP contribution in [-0.2, 0) is 16.0 Å². The molecule has 0 bridgehead atoms. The molecule has 0 aliphatic carbocycles. The summed E-state index contributed by atoms with van der Waals surface area (Å²) >= 11 is 1.43. The highest BCUT2D eigenvalue weighted by atomic mass is 32.1. The fourth-order valence-corrected chi connectivity index (χ4v) is 4.84. The molecule has 8 nitrogen and oxygen atoms in total. The third-order valence-corrected chi connectivity index (χ3v) is 6.38.